The summed E-state index contributed by atoms with van der Waals surface area (Å²) in [6, 6.07) is 12.5. The average Bonchev–Trinajstić information content (AvgIpc) is 3.24. The Morgan fingerprint density at radius 2 is 1.86 bits per heavy atom. The van der Waals surface area contributed by atoms with Crippen molar-refractivity contribution >= 4 is 22.8 Å². The van der Waals surface area contributed by atoms with Crippen LogP contribution in [0.3, 0.4) is 0 Å². The Morgan fingerprint density at radius 1 is 1.10 bits per heavy atom. The summed E-state index contributed by atoms with van der Waals surface area (Å²) in [5.41, 5.74) is 9.76. The van der Waals surface area contributed by atoms with Crippen molar-refractivity contribution < 1.29 is 14.3 Å². The Hall–Kier alpha value is -3.32. The van der Waals surface area contributed by atoms with Crippen molar-refractivity contribution in [3.8, 4) is 5.75 Å². The number of carbonyl (C=O) groups excluding carboxylic acids is 2. The van der Waals surface area contributed by atoms with Crippen LogP contribution in [0, 0.1) is 0 Å². The van der Waals surface area contributed by atoms with Crippen LogP contribution in [0.2, 0.25) is 0 Å². The molecule has 1 saturated heterocycles. The number of hydrogen-bond donors (Lipinski definition) is 3. The minimum Gasteiger partial charge on any atom is -0.497 e. The van der Waals surface area contributed by atoms with E-state index in [9.17, 15) is 9.59 Å². The molecule has 1 aliphatic rings. The van der Waals surface area contributed by atoms with Crippen molar-refractivity contribution in [2.45, 2.75) is 25.4 Å². The fourth-order valence-electron chi connectivity index (χ4n) is 3.73. The quantitative estimate of drug-likeness (QED) is 0.537. The average molecular weight is 392 g/mol. The highest BCUT2D eigenvalue weighted by Gasteiger charge is 2.37. The predicted molar refractivity (Wildman–Crippen MR) is 111 cm³/mol. The summed E-state index contributed by atoms with van der Waals surface area (Å²) < 4.78 is 5.14. The van der Waals surface area contributed by atoms with Crippen LogP contribution in [0.25, 0.3) is 10.9 Å². The number of hydrogen-bond acceptors (Lipinski definition) is 4. The molecule has 7 nitrogen and oxygen atoms in total. The van der Waals surface area contributed by atoms with Crippen molar-refractivity contribution in [2.75, 3.05) is 13.7 Å². The molecule has 1 unspecified atom stereocenters. The van der Waals surface area contributed by atoms with E-state index in [1.54, 1.807) is 7.11 Å². The molecule has 2 aromatic carbocycles. The van der Waals surface area contributed by atoms with Crippen molar-refractivity contribution in [1.82, 2.24) is 15.2 Å². The van der Waals surface area contributed by atoms with Gasteiger partial charge in [0.25, 0.3) is 5.91 Å². The summed E-state index contributed by atoms with van der Waals surface area (Å²) >= 11 is 0. The van der Waals surface area contributed by atoms with Crippen molar-refractivity contribution in [3.63, 3.8) is 0 Å². The van der Waals surface area contributed by atoms with Crippen LogP contribution in [-0.2, 0) is 24.2 Å². The van der Waals surface area contributed by atoms with Gasteiger partial charge in [-0.15, -0.1) is 0 Å². The van der Waals surface area contributed by atoms with E-state index in [1.165, 1.54) is 4.90 Å². The number of carbonyl (C=O) groups is 2. The van der Waals surface area contributed by atoms with Gasteiger partial charge in [0.15, 0.2) is 0 Å². The van der Waals surface area contributed by atoms with Crippen LogP contribution < -0.4 is 15.8 Å². The second-order valence-corrected chi connectivity index (χ2v) is 7.21. The van der Waals surface area contributed by atoms with Gasteiger partial charge in [-0.3, -0.25) is 9.69 Å². The fourth-order valence-corrected chi connectivity index (χ4v) is 3.73. The highest BCUT2D eigenvalue weighted by Crippen LogP contribution is 2.23. The number of methoxy groups -OCH3 is 1. The van der Waals surface area contributed by atoms with Crippen LogP contribution in [0.5, 0.6) is 5.75 Å². The third-order valence-electron chi connectivity index (χ3n) is 5.29. The van der Waals surface area contributed by atoms with E-state index >= 15 is 0 Å². The third-order valence-corrected chi connectivity index (χ3v) is 5.29. The SMILES string of the molecule is COc1ccc(CN2C(=O)NC(Cc3ccc4[nH]cc(CCN)c4c3)C2=O)cc1. The lowest BCUT2D eigenvalue weighted by molar-refractivity contribution is -0.127. The van der Waals surface area contributed by atoms with E-state index in [4.69, 9.17) is 10.5 Å². The first-order valence-corrected chi connectivity index (χ1v) is 9.63. The number of fused-ring (bicyclic) bond motifs is 1. The Bertz CT molecular complexity index is 1040. The molecule has 1 atom stereocenters. The number of aromatic amines is 1. The van der Waals surface area contributed by atoms with E-state index < -0.39 is 6.04 Å². The maximum absolute atomic E-state index is 12.8. The van der Waals surface area contributed by atoms with Gasteiger partial charge in [-0.25, -0.2) is 4.79 Å². The van der Waals surface area contributed by atoms with Gasteiger partial charge in [0.05, 0.1) is 13.7 Å². The summed E-state index contributed by atoms with van der Waals surface area (Å²) in [5, 5.41) is 3.92. The monoisotopic (exact) mass is 392 g/mol. The third kappa shape index (κ3) is 3.82. The minimum atomic E-state index is -0.560. The molecule has 0 aliphatic carbocycles. The van der Waals surface area contributed by atoms with Crippen LogP contribution >= 0.6 is 0 Å². The van der Waals surface area contributed by atoms with Gasteiger partial charge in [0.1, 0.15) is 11.8 Å². The van der Waals surface area contributed by atoms with Gasteiger partial charge >= 0.3 is 6.03 Å². The van der Waals surface area contributed by atoms with Crippen LogP contribution in [-0.4, -0.2) is 41.5 Å². The second-order valence-electron chi connectivity index (χ2n) is 7.21. The summed E-state index contributed by atoms with van der Waals surface area (Å²) in [4.78, 5) is 29.7. The molecular formula is C22H24N4O3. The summed E-state index contributed by atoms with van der Waals surface area (Å²) in [5.74, 6) is 0.528. The lowest BCUT2D eigenvalue weighted by atomic mass is 10.0. The van der Waals surface area contributed by atoms with Crippen molar-refractivity contribution in [2.24, 2.45) is 5.73 Å². The number of nitrogens with two attached hydrogens (primary N) is 1. The molecule has 29 heavy (non-hydrogen) atoms. The molecule has 0 saturated carbocycles. The molecule has 0 bridgehead atoms. The van der Waals surface area contributed by atoms with Crippen LogP contribution in [0.1, 0.15) is 16.7 Å². The topological polar surface area (TPSA) is 100 Å². The first-order chi connectivity index (χ1) is 14.1. The van der Waals surface area contributed by atoms with E-state index in [0.29, 0.717) is 13.0 Å². The molecule has 150 valence electrons. The molecule has 4 rings (SSSR count). The number of nitrogens with one attached hydrogen (secondary N) is 2. The van der Waals surface area contributed by atoms with Gasteiger partial charge in [-0.2, -0.15) is 0 Å². The lowest BCUT2D eigenvalue weighted by Crippen LogP contribution is -2.32. The molecule has 7 heteroatoms. The standard InChI is InChI=1S/C22H24N4O3/c1-29-17-5-2-14(3-6-17)13-26-21(27)20(25-22(26)28)11-15-4-7-19-18(10-15)16(8-9-23)12-24-19/h2-7,10,12,20,24H,8-9,11,13,23H2,1H3,(H,25,28). The number of nitrogens with zero attached hydrogens (tertiary/aromatic N) is 1. The zero-order valence-electron chi connectivity index (χ0n) is 16.3. The van der Waals surface area contributed by atoms with E-state index in [2.05, 4.69) is 16.4 Å². The van der Waals surface area contributed by atoms with E-state index in [0.717, 1.165) is 39.8 Å². The number of ether oxygens (including phenoxy) is 1. The molecule has 3 aromatic rings. The van der Waals surface area contributed by atoms with Crippen LogP contribution in [0.4, 0.5) is 4.79 Å². The first-order valence-electron chi connectivity index (χ1n) is 9.63. The van der Waals surface area contributed by atoms with Gasteiger partial charge in [-0.05, 0) is 53.9 Å². The highest BCUT2D eigenvalue weighted by molar-refractivity contribution is 6.04. The second kappa shape index (κ2) is 7.97. The Morgan fingerprint density at radius 3 is 2.59 bits per heavy atom. The molecule has 0 radical (unpaired) electrons. The highest BCUT2D eigenvalue weighted by atomic mass is 16.5. The number of rotatable bonds is 7. The maximum Gasteiger partial charge on any atom is 0.325 e. The molecular weight excluding hydrogens is 368 g/mol. The molecule has 4 N–H and O–H groups in total. The Kier molecular flexibility index (Phi) is 5.22. The number of aromatic nitrogens is 1. The molecule has 3 amide bonds. The molecule has 2 heterocycles. The molecule has 1 fully saturated rings. The zero-order valence-corrected chi connectivity index (χ0v) is 16.3. The number of amides is 3. The number of imide groups is 1. The Labute approximate surface area is 168 Å². The number of benzene rings is 2. The summed E-state index contributed by atoms with van der Waals surface area (Å²) in [6.45, 7) is 0.817. The van der Waals surface area contributed by atoms with Crippen molar-refractivity contribution in [1.29, 1.82) is 0 Å². The van der Waals surface area contributed by atoms with Gasteiger partial charge < -0.3 is 20.8 Å². The van der Waals surface area contributed by atoms with Crippen LogP contribution in [0.15, 0.2) is 48.7 Å². The van der Waals surface area contributed by atoms with E-state index in [1.807, 2.05) is 42.6 Å². The molecule has 1 aromatic heterocycles. The lowest BCUT2D eigenvalue weighted by Gasteiger charge is -2.13. The van der Waals surface area contributed by atoms with Crippen molar-refractivity contribution in [3.05, 3.63) is 65.4 Å². The number of H-pyrrole nitrogens is 1. The smallest absolute Gasteiger partial charge is 0.325 e. The zero-order chi connectivity index (χ0) is 20.4. The largest absolute Gasteiger partial charge is 0.497 e. The van der Waals surface area contributed by atoms with Gasteiger partial charge in [0.2, 0.25) is 0 Å². The van der Waals surface area contributed by atoms with E-state index in [-0.39, 0.29) is 18.5 Å². The first kappa shape index (κ1) is 19.0. The number of urea groups is 1. The normalized spacial score (nSPS) is 16.5. The molecule has 1 aliphatic heterocycles. The summed E-state index contributed by atoms with van der Waals surface area (Å²) in [6.07, 6.45) is 3.21. The Balaban J connectivity index is 1.48. The maximum atomic E-state index is 12.8. The predicted octanol–water partition coefficient (Wildman–Crippen LogP) is 2.34. The fraction of sp³-hybridized carbons (Fsp3) is 0.273. The van der Waals surface area contributed by atoms with Gasteiger partial charge in [-0.1, -0.05) is 18.2 Å². The summed E-state index contributed by atoms with van der Waals surface area (Å²) in [7, 11) is 1.60. The van der Waals surface area contributed by atoms with Gasteiger partial charge in [0, 0.05) is 23.5 Å². The molecule has 0 spiro atoms. The minimum absolute atomic E-state index is 0.206.